The maximum Gasteiger partial charge on any atom is 0.143 e. The summed E-state index contributed by atoms with van der Waals surface area (Å²) in [7, 11) is 0. The van der Waals surface area contributed by atoms with E-state index in [0.717, 1.165) is 50.4 Å². The molecule has 294 valence electrons. The van der Waals surface area contributed by atoms with E-state index in [-0.39, 0.29) is 5.41 Å². The number of aromatic nitrogens is 1. The predicted molar refractivity (Wildman–Crippen MR) is 254 cm³/mol. The molecule has 61 heavy (non-hydrogen) atoms. The first kappa shape index (κ1) is 35.0. The Labute approximate surface area is 356 Å². The molecule has 3 nitrogen and oxygen atoms in total. The Morgan fingerprint density at radius 3 is 2.11 bits per heavy atom. The molecular weight excluding hydrogens is 741 g/mol. The zero-order valence-electron chi connectivity index (χ0n) is 34.4. The van der Waals surface area contributed by atoms with Crippen molar-refractivity contribution in [1.82, 2.24) is 4.57 Å². The van der Waals surface area contributed by atoms with Gasteiger partial charge >= 0.3 is 0 Å². The normalized spacial score (nSPS) is 20.4. The third-order valence-corrected chi connectivity index (χ3v) is 14.9. The second kappa shape index (κ2) is 13.3. The highest BCUT2D eigenvalue weighted by atomic mass is 16.3. The van der Waals surface area contributed by atoms with Crippen molar-refractivity contribution in [2.24, 2.45) is 17.8 Å². The van der Waals surface area contributed by atoms with Crippen molar-refractivity contribution in [2.75, 3.05) is 4.90 Å². The van der Waals surface area contributed by atoms with E-state index in [1.54, 1.807) is 0 Å². The average Bonchev–Trinajstić information content (AvgIpc) is 3.85. The number of anilines is 3. The van der Waals surface area contributed by atoms with E-state index in [1.807, 2.05) is 0 Å². The summed E-state index contributed by atoms with van der Waals surface area (Å²) >= 11 is 0. The molecule has 4 atom stereocenters. The van der Waals surface area contributed by atoms with Gasteiger partial charge in [0.2, 0.25) is 0 Å². The van der Waals surface area contributed by atoms with Crippen molar-refractivity contribution in [3.8, 4) is 27.9 Å². The monoisotopic (exact) mass is 786 g/mol. The van der Waals surface area contributed by atoms with E-state index in [1.165, 1.54) is 87.5 Å². The summed E-state index contributed by atoms with van der Waals surface area (Å²) in [4.78, 5) is 2.56. The molecule has 3 heterocycles. The highest BCUT2D eigenvalue weighted by molar-refractivity contribution is 6.14. The Bertz CT molecular complexity index is 3340. The standard InChI is InChI=1S/C58H46N2O/c1-37-32-40-19-14-20-41(33-37)58(40)50-27-8-11-30-54(50)60-53-29-10-6-23-46(53)49-35-43(36-51(58)56(49)60)59(52-28-9-5-22-44(52)38-16-3-2-4-17-38)42-21-13-18-39(34-42)45-25-15-26-48-47-24-7-12-31-55(47)61-57(45)48/h2-13,15-18,21-31,34-37,40-41H,14,19-20,32-33H2,1H3/t37?,40-,41+,58?. The molecule has 0 N–H and O–H groups in total. The zero-order valence-corrected chi connectivity index (χ0v) is 34.4. The fraction of sp³-hybridized carbons (Fsp3) is 0.172. The summed E-state index contributed by atoms with van der Waals surface area (Å²) in [5.41, 5.74) is 17.0. The first-order valence-corrected chi connectivity index (χ1v) is 22.3. The Balaban J connectivity index is 1.12. The van der Waals surface area contributed by atoms with Crippen LogP contribution in [-0.4, -0.2) is 4.57 Å². The van der Waals surface area contributed by atoms with Gasteiger partial charge in [-0.15, -0.1) is 0 Å². The number of rotatable bonds is 5. The molecule has 2 fully saturated rings. The van der Waals surface area contributed by atoms with Crippen LogP contribution in [0.5, 0.6) is 0 Å². The van der Waals surface area contributed by atoms with Crippen LogP contribution >= 0.6 is 0 Å². The van der Waals surface area contributed by atoms with Crippen molar-refractivity contribution in [1.29, 1.82) is 0 Å². The molecule has 0 amide bonds. The number of benzene rings is 8. The lowest BCUT2D eigenvalue weighted by Crippen LogP contribution is -2.52. The molecule has 0 radical (unpaired) electrons. The third-order valence-electron chi connectivity index (χ3n) is 14.9. The van der Waals surface area contributed by atoms with Crippen LogP contribution in [0.4, 0.5) is 17.1 Å². The minimum atomic E-state index is -0.0661. The van der Waals surface area contributed by atoms with Gasteiger partial charge in [-0.2, -0.15) is 0 Å². The second-order valence-electron chi connectivity index (χ2n) is 18.1. The number of para-hydroxylation sites is 5. The Kier molecular flexibility index (Phi) is 7.64. The van der Waals surface area contributed by atoms with E-state index < -0.39 is 0 Å². The lowest BCUT2D eigenvalue weighted by Gasteiger charge is -2.57. The molecular formula is C58H46N2O. The van der Waals surface area contributed by atoms with Crippen LogP contribution < -0.4 is 4.90 Å². The molecule has 1 aliphatic heterocycles. The van der Waals surface area contributed by atoms with Crippen LogP contribution in [0.15, 0.2) is 186 Å². The van der Waals surface area contributed by atoms with Gasteiger partial charge in [-0.3, -0.25) is 0 Å². The third kappa shape index (κ3) is 4.98. The summed E-state index contributed by atoms with van der Waals surface area (Å²) < 4.78 is 9.25. The molecule has 8 aromatic carbocycles. The summed E-state index contributed by atoms with van der Waals surface area (Å²) in [5, 5.41) is 4.93. The van der Waals surface area contributed by atoms with Gasteiger partial charge in [0.1, 0.15) is 11.2 Å². The molecule has 2 aliphatic carbocycles. The number of furan rings is 1. The van der Waals surface area contributed by atoms with E-state index in [0.29, 0.717) is 11.8 Å². The van der Waals surface area contributed by atoms with Crippen LogP contribution in [0.1, 0.15) is 50.2 Å². The van der Waals surface area contributed by atoms with E-state index in [2.05, 4.69) is 198 Å². The topological polar surface area (TPSA) is 21.3 Å². The van der Waals surface area contributed by atoms with Crippen molar-refractivity contribution < 1.29 is 4.42 Å². The molecule has 3 aliphatic rings. The van der Waals surface area contributed by atoms with Crippen LogP contribution in [-0.2, 0) is 5.41 Å². The number of nitrogens with zero attached hydrogens (tertiary/aromatic N) is 2. The van der Waals surface area contributed by atoms with Crippen LogP contribution in [0.2, 0.25) is 0 Å². The number of fused-ring (bicyclic) bond motifs is 8. The van der Waals surface area contributed by atoms with Gasteiger partial charge in [-0.05, 0) is 114 Å². The minimum absolute atomic E-state index is 0.0661. The largest absolute Gasteiger partial charge is 0.455 e. The molecule has 1 spiro atoms. The van der Waals surface area contributed by atoms with E-state index >= 15 is 0 Å². The number of hydrogen-bond donors (Lipinski definition) is 0. The molecule has 2 bridgehead atoms. The molecule has 2 aromatic heterocycles. The van der Waals surface area contributed by atoms with E-state index in [4.69, 9.17) is 4.42 Å². The molecule has 2 unspecified atom stereocenters. The van der Waals surface area contributed by atoms with Gasteiger partial charge in [0.25, 0.3) is 0 Å². The quantitative estimate of drug-likeness (QED) is 0.173. The molecule has 13 rings (SSSR count). The minimum Gasteiger partial charge on any atom is -0.455 e. The zero-order chi connectivity index (χ0) is 40.2. The molecule has 10 aromatic rings. The fourth-order valence-electron chi connectivity index (χ4n) is 12.6. The van der Waals surface area contributed by atoms with Gasteiger partial charge in [-0.25, -0.2) is 0 Å². The van der Waals surface area contributed by atoms with Gasteiger partial charge in [-0.1, -0.05) is 147 Å². The van der Waals surface area contributed by atoms with E-state index in [9.17, 15) is 0 Å². The smallest absolute Gasteiger partial charge is 0.143 e. The predicted octanol–water partition coefficient (Wildman–Crippen LogP) is 15.9. The maximum atomic E-state index is 6.63. The summed E-state index contributed by atoms with van der Waals surface area (Å²) in [6, 6.07) is 67.7. The van der Waals surface area contributed by atoms with Gasteiger partial charge in [0.05, 0.1) is 22.4 Å². The Morgan fingerprint density at radius 1 is 0.541 bits per heavy atom. The summed E-state index contributed by atoms with van der Waals surface area (Å²) in [5.74, 6) is 1.89. The van der Waals surface area contributed by atoms with Crippen molar-refractivity contribution in [2.45, 2.75) is 44.4 Å². The Hall–Kier alpha value is -6.84. The van der Waals surface area contributed by atoms with Gasteiger partial charge in [0, 0.05) is 49.5 Å². The van der Waals surface area contributed by atoms with Crippen LogP contribution in [0, 0.1) is 17.8 Å². The van der Waals surface area contributed by atoms with Crippen molar-refractivity contribution >= 4 is 60.8 Å². The average molecular weight is 787 g/mol. The summed E-state index contributed by atoms with van der Waals surface area (Å²) in [6.07, 6.45) is 6.41. The van der Waals surface area contributed by atoms with Crippen molar-refractivity contribution in [3.05, 3.63) is 193 Å². The van der Waals surface area contributed by atoms with Crippen LogP contribution in [0.25, 0.3) is 71.7 Å². The highest BCUT2D eigenvalue weighted by Crippen LogP contribution is 2.64. The SMILES string of the molecule is CC1C[C@H]2CCC[C@@H](C1)C21c2ccccc2-n2c3ccccc3c3cc(N(c4cccc(-c5cccc6c5oc5ccccc56)c4)c4ccccc4-c4ccccc4)cc1c32. The maximum absolute atomic E-state index is 6.63. The van der Waals surface area contributed by atoms with Crippen LogP contribution in [0.3, 0.4) is 0 Å². The number of hydrogen-bond acceptors (Lipinski definition) is 2. The highest BCUT2D eigenvalue weighted by Gasteiger charge is 2.56. The molecule has 0 saturated heterocycles. The lowest BCUT2D eigenvalue weighted by atomic mass is 9.47. The first-order valence-electron chi connectivity index (χ1n) is 22.3. The summed E-state index contributed by atoms with van der Waals surface area (Å²) in [6.45, 7) is 2.51. The Morgan fingerprint density at radius 2 is 1.23 bits per heavy atom. The fourth-order valence-corrected chi connectivity index (χ4v) is 12.6. The van der Waals surface area contributed by atoms with Crippen molar-refractivity contribution in [3.63, 3.8) is 0 Å². The molecule has 3 heteroatoms. The van der Waals surface area contributed by atoms with Gasteiger partial charge < -0.3 is 13.9 Å². The first-order chi connectivity index (χ1) is 30.2. The second-order valence-corrected chi connectivity index (χ2v) is 18.1. The van der Waals surface area contributed by atoms with Gasteiger partial charge in [0.15, 0.2) is 0 Å². The lowest BCUT2D eigenvalue weighted by molar-refractivity contribution is 0.0533. The molecule has 2 saturated carbocycles.